The number of carboxylic acid groups (broad SMARTS) is 1. The Hall–Kier alpha value is -4.02. The molecular weight excluding hydrogens is 470 g/mol. The van der Waals surface area contributed by atoms with Crippen molar-refractivity contribution in [1.29, 1.82) is 0 Å². The number of nitrogens with zero attached hydrogens (tertiary/aromatic N) is 2. The van der Waals surface area contributed by atoms with Crippen molar-refractivity contribution in [3.05, 3.63) is 95.6 Å². The molecule has 0 unspecified atom stereocenters. The predicted octanol–water partition coefficient (Wildman–Crippen LogP) is 2.78. The van der Waals surface area contributed by atoms with E-state index in [1.807, 2.05) is 30.3 Å². The molecule has 0 aliphatic heterocycles. The molecule has 0 aliphatic carbocycles. The first kappa shape index (κ1) is 25.6. The van der Waals surface area contributed by atoms with Crippen LogP contribution in [0, 0.1) is 0 Å². The highest BCUT2D eigenvalue weighted by molar-refractivity contribution is 7.89. The molecule has 0 radical (unpaired) electrons. The lowest BCUT2D eigenvalue weighted by Crippen LogP contribution is -2.40. The molecule has 0 heterocycles. The van der Waals surface area contributed by atoms with Crippen molar-refractivity contribution in [1.82, 2.24) is 9.73 Å². The number of carboxylic acids is 1. The van der Waals surface area contributed by atoms with Crippen LogP contribution < -0.4 is 10.2 Å². The topological polar surface area (TPSA) is 125 Å². The van der Waals surface area contributed by atoms with Crippen LogP contribution in [0.1, 0.15) is 21.5 Å². The number of methoxy groups -OCH3 is 1. The quantitative estimate of drug-likeness (QED) is 0.311. The number of rotatable bonds is 11. The molecule has 1 amide bonds. The van der Waals surface area contributed by atoms with Gasteiger partial charge in [-0.05, 0) is 53.9 Å². The van der Waals surface area contributed by atoms with Crippen LogP contribution >= 0.6 is 0 Å². The minimum atomic E-state index is -3.97. The Labute approximate surface area is 203 Å². The largest absolute Gasteiger partial charge is 0.497 e. The number of carbonyl (C=O) groups is 2. The van der Waals surface area contributed by atoms with Crippen LogP contribution in [0.15, 0.2) is 88.9 Å². The first-order valence-electron chi connectivity index (χ1n) is 10.6. The summed E-state index contributed by atoms with van der Waals surface area (Å²) in [5, 5.41) is 12.8. The average Bonchev–Trinajstić information content (AvgIpc) is 2.87. The molecule has 182 valence electrons. The van der Waals surface area contributed by atoms with E-state index in [2.05, 4.69) is 10.5 Å². The van der Waals surface area contributed by atoms with E-state index in [1.165, 1.54) is 37.6 Å². The fourth-order valence-corrected chi connectivity index (χ4v) is 4.56. The van der Waals surface area contributed by atoms with E-state index < -0.39 is 28.4 Å². The van der Waals surface area contributed by atoms with Crippen molar-refractivity contribution in [2.75, 3.05) is 20.2 Å². The van der Waals surface area contributed by atoms with Crippen molar-refractivity contribution < 1.29 is 27.9 Å². The highest BCUT2D eigenvalue weighted by atomic mass is 32.2. The van der Waals surface area contributed by atoms with Gasteiger partial charge in [-0.3, -0.25) is 4.79 Å². The van der Waals surface area contributed by atoms with Gasteiger partial charge in [0.1, 0.15) is 5.75 Å². The van der Waals surface area contributed by atoms with Crippen molar-refractivity contribution in [3.63, 3.8) is 0 Å². The Morgan fingerprint density at radius 2 is 1.66 bits per heavy atom. The summed E-state index contributed by atoms with van der Waals surface area (Å²) in [6.07, 6.45) is 1.76. The molecule has 35 heavy (non-hydrogen) atoms. The second kappa shape index (κ2) is 11.9. The summed E-state index contributed by atoms with van der Waals surface area (Å²) in [6, 6.07) is 21.2. The lowest BCUT2D eigenvalue weighted by atomic mass is 10.1. The molecule has 0 saturated carbocycles. The van der Waals surface area contributed by atoms with E-state index in [-0.39, 0.29) is 17.0 Å². The SMILES string of the molecule is COc1ccc(S(=O)(=O)N(CCc2ccccc2)CC(=O)N/N=C\c2ccc(C(=O)O)cc2)cc1. The Bertz CT molecular complexity index is 1280. The Morgan fingerprint density at radius 1 is 1.00 bits per heavy atom. The van der Waals surface area contributed by atoms with Gasteiger partial charge in [0.15, 0.2) is 0 Å². The fourth-order valence-electron chi connectivity index (χ4n) is 3.17. The summed E-state index contributed by atoms with van der Waals surface area (Å²) in [5.41, 5.74) is 3.96. The van der Waals surface area contributed by atoms with Gasteiger partial charge in [0.25, 0.3) is 5.91 Å². The van der Waals surface area contributed by atoms with Crippen LogP contribution in [0.2, 0.25) is 0 Å². The van der Waals surface area contributed by atoms with Crippen molar-refractivity contribution in [3.8, 4) is 5.75 Å². The zero-order chi connectivity index (χ0) is 25.3. The number of nitrogens with one attached hydrogen (secondary N) is 1. The molecule has 3 rings (SSSR count). The number of amides is 1. The molecule has 9 nitrogen and oxygen atoms in total. The predicted molar refractivity (Wildman–Crippen MR) is 131 cm³/mol. The second-order valence-electron chi connectivity index (χ2n) is 7.47. The van der Waals surface area contributed by atoms with E-state index >= 15 is 0 Å². The molecule has 3 aromatic carbocycles. The first-order valence-corrected chi connectivity index (χ1v) is 12.1. The van der Waals surface area contributed by atoms with Crippen LogP contribution in [0.4, 0.5) is 0 Å². The van der Waals surface area contributed by atoms with E-state index in [1.54, 1.807) is 24.3 Å². The molecule has 0 atom stereocenters. The van der Waals surface area contributed by atoms with Gasteiger partial charge in [0, 0.05) is 6.54 Å². The van der Waals surface area contributed by atoms with E-state index in [9.17, 15) is 18.0 Å². The van der Waals surface area contributed by atoms with Gasteiger partial charge in [-0.25, -0.2) is 18.6 Å². The maximum atomic E-state index is 13.3. The third-order valence-corrected chi connectivity index (χ3v) is 6.93. The van der Waals surface area contributed by atoms with Crippen molar-refractivity contribution in [2.24, 2.45) is 5.10 Å². The molecule has 0 saturated heterocycles. The minimum absolute atomic E-state index is 0.0428. The number of sulfonamides is 1. The van der Waals surface area contributed by atoms with Gasteiger partial charge in [-0.2, -0.15) is 9.41 Å². The molecule has 0 spiro atoms. The summed E-state index contributed by atoms with van der Waals surface area (Å²) in [7, 11) is -2.48. The zero-order valence-corrected chi connectivity index (χ0v) is 19.8. The standard InChI is InChI=1S/C25H25N3O6S/c1-34-22-11-13-23(14-12-22)35(32,33)28(16-15-19-5-3-2-4-6-19)18-24(29)27-26-17-20-7-9-21(10-8-20)25(30)31/h2-14,17H,15-16,18H2,1H3,(H,27,29)(H,30,31)/b26-17-. The average molecular weight is 496 g/mol. The van der Waals surface area contributed by atoms with Crippen LogP contribution in [0.3, 0.4) is 0 Å². The maximum Gasteiger partial charge on any atom is 0.335 e. The summed E-state index contributed by atoms with van der Waals surface area (Å²) in [6.45, 7) is -0.345. The summed E-state index contributed by atoms with van der Waals surface area (Å²) in [5.74, 6) is -1.15. The molecule has 0 aliphatic rings. The molecule has 0 bridgehead atoms. The first-order chi connectivity index (χ1) is 16.8. The Balaban J connectivity index is 1.72. The third kappa shape index (κ3) is 7.23. The minimum Gasteiger partial charge on any atom is -0.497 e. The lowest BCUT2D eigenvalue weighted by Gasteiger charge is -2.21. The van der Waals surface area contributed by atoms with Crippen LogP contribution in [-0.2, 0) is 21.2 Å². The smallest absolute Gasteiger partial charge is 0.335 e. The van der Waals surface area contributed by atoms with Crippen LogP contribution in [0.25, 0.3) is 0 Å². The number of hydrazone groups is 1. The Kier molecular flexibility index (Phi) is 8.71. The zero-order valence-electron chi connectivity index (χ0n) is 19.0. The van der Waals surface area contributed by atoms with Crippen LogP contribution in [-0.4, -0.2) is 56.1 Å². The molecule has 10 heteroatoms. The molecular formula is C25H25N3O6S. The van der Waals surface area contributed by atoms with Gasteiger partial charge < -0.3 is 9.84 Å². The summed E-state index contributed by atoms with van der Waals surface area (Å²) >= 11 is 0. The van der Waals surface area contributed by atoms with E-state index in [0.717, 1.165) is 9.87 Å². The number of carbonyl (C=O) groups excluding carboxylic acids is 1. The van der Waals surface area contributed by atoms with E-state index in [4.69, 9.17) is 9.84 Å². The Morgan fingerprint density at radius 3 is 2.26 bits per heavy atom. The van der Waals surface area contributed by atoms with Gasteiger partial charge in [-0.1, -0.05) is 42.5 Å². The number of ether oxygens (including phenoxy) is 1. The van der Waals surface area contributed by atoms with Gasteiger partial charge in [-0.15, -0.1) is 0 Å². The van der Waals surface area contributed by atoms with Gasteiger partial charge in [0.05, 0.1) is 30.3 Å². The van der Waals surface area contributed by atoms with Crippen molar-refractivity contribution in [2.45, 2.75) is 11.3 Å². The van der Waals surface area contributed by atoms with Crippen LogP contribution in [0.5, 0.6) is 5.75 Å². The monoisotopic (exact) mass is 495 g/mol. The number of hydrogen-bond acceptors (Lipinski definition) is 6. The highest BCUT2D eigenvalue weighted by Gasteiger charge is 2.26. The molecule has 3 aromatic rings. The van der Waals surface area contributed by atoms with Crippen molar-refractivity contribution >= 4 is 28.1 Å². The molecule has 2 N–H and O–H groups in total. The van der Waals surface area contributed by atoms with Gasteiger partial charge in [0.2, 0.25) is 10.0 Å². The number of benzene rings is 3. The fraction of sp³-hybridized carbons (Fsp3) is 0.160. The molecule has 0 aromatic heterocycles. The third-order valence-electron chi connectivity index (χ3n) is 5.07. The highest BCUT2D eigenvalue weighted by Crippen LogP contribution is 2.20. The summed E-state index contributed by atoms with van der Waals surface area (Å²) in [4.78, 5) is 23.5. The van der Waals surface area contributed by atoms with E-state index in [0.29, 0.717) is 17.7 Å². The molecule has 0 fully saturated rings. The normalized spacial score (nSPS) is 11.5. The second-order valence-corrected chi connectivity index (χ2v) is 9.41. The van der Waals surface area contributed by atoms with Gasteiger partial charge >= 0.3 is 5.97 Å². The lowest BCUT2D eigenvalue weighted by molar-refractivity contribution is -0.121. The maximum absolute atomic E-state index is 13.3. The summed E-state index contributed by atoms with van der Waals surface area (Å²) < 4.78 is 32.8. The number of hydrogen-bond donors (Lipinski definition) is 2. The number of aromatic carboxylic acids is 1.